The van der Waals surface area contributed by atoms with Gasteiger partial charge in [0.25, 0.3) is 0 Å². The van der Waals surface area contributed by atoms with E-state index in [9.17, 15) is 0 Å². The van der Waals surface area contributed by atoms with Crippen molar-refractivity contribution < 1.29 is 0 Å². The third-order valence-electron chi connectivity index (χ3n) is 1.20. The first-order chi connectivity index (χ1) is 3.89. The topological polar surface area (TPSA) is 3.24 Å². The van der Waals surface area contributed by atoms with Crippen LogP contribution in [-0.4, -0.2) is 51.3 Å². The molecule has 56 valence electrons. The molecule has 1 aliphatic heterocycles. The minimum atomic E-state index is 0. The van der Waals surface area contributed by atoms with Gasteiger partial charge in [0.2, 0.25) is 0 Å². The third kappa shape index (κ3) is 4.41. The average molecular weight is 259 g/mol. The zero-order chi connectivity index (χ0) is 5.82. The van der Waals surface area contributed by atoms with Crippen LogP contribution in [0.3, 0.4) is 0 Å². The van der Waals surface area contributed by atoms with Gasteiger partial charge in [-0.3, -0.25) is 0 Å². The molecular weight excluding hydrogens is 244 g/mol. The molecule has 0 atom stereocenters. The Hall–Kier alpha value is 0.999. The average Bonchev–Trinajstić information content (AvgIpc) is 1.94. The van der Waals surface area contributed by atoms with Gasteiger partial charge in [-0.1, -0.05) is 7.43 Å². The molecule has 1 nitrogen and oxygen atoms in total. The van der Waals surface area contributed by atoms with Gasteiger partial charge in [0.1, 0.15) is 0 Å². The number of hydrogen-bond acceptors (Lipinski definition) is 1. The van der Waals surface area contributed by atoms with Crippen molar-refractivity contribution in [2.45, 2.75) is 18.1 Å². The Kier molecular flexibility index (Phi) is 6.40. The molecule has 1 heterocycles. The van der Waals surface area contributed by atoms with Gasteiger partial charge in [0.05, 0.1) is 0 Å². The monoisotopic (exact) mass is 261 g/mol. The van der Waals surface area contributed by atoms with Crippen LogP contribution in [-0.2, 0) is 0 Å². The Bertz CT molecular complexity index is 60.1. The van der Waals surface area contributed by atoms with Crippen molar-refractivity contribution in [3.8, 4) is 0 Å². The summed E-state index contributed by atoms with van der Waals surface area (Å²) in [5.74, 6) is 0. The Balaban J connectivity index is 0.000000640. The molecule has 0 aromatic rings. The predicted octanol–water partition coefficient (Wildman–Crippen LogP) is 0.728. The SMILES string of the molecule is C.CN1CC[Se][Se]CC1. The van der Waals surface area contributed by atoms with Crippen LogP contribution in [0.25, 0.3) is 0 Å². The van der Waals surface area contributed by atoms with Crippen molar-refractivity contribution in [3.05, 3.63) is 0 Å². The van der Waals surface area contributed by atoms with Crippen LogP contribution in [0.5, 0.6) is 0 Å². The Morgan fingerprint density at radius 3 is 2.00 bits per heavy atom. The first-order valence-corrected chi connectivity index (χ1v) is 9.58. The summed E-state index contributed by atoms with van der Waals surface area (Å²) < 4.78 is 0. The molecule has 9 heavy (non-hydrogen) atoms. The standard InChI is InChI=1S/C5H11NSe2.CH4/c1-6-2-4-7-8-5-3-6;/h2-5H2,1H3;1H4. The van der Waals surface area contributed by atoms with Gasteiger partial charge in [-0.25, -0.2) is 0 Å². The van der Waals surface area contributed by atoms with Gasteiger partial charge in [0, 0.05) is 0 Å². The molecular formula is C6H15NSe2. The van der Waals surface area contributed by atoms with Crippen LogP contribution in [0.15, 0.2) is 0 Å². The van der Waals surface area contributed by atoms with Crippen LogP contribution >= 0.6 is 0 Å². The normalized spacial score (nSPS) is 22.3. The molecule has 1 rings (SSSR count). The van der Waals surface area contributed by atoms with Crippen molar-refractivity contribution in [3.63, 3.8) is 0 Å². The van der Waals surface area contributed by atoms with Crippen LogP contribution in [0.4, 0.5) is 0 Å². The molecule has 0 aromatic heterocycles. The van der Waals surface area contributed by atoms with E-state index in [-0.39, 0.29) is 7.43 Å². The molecule has 3 heteroatoms. The second-order valence-corrected chi connectivity index (χ2v) is 9.79. The Morgan fingerprint density at radius 1 is 1.11 bits per heavy atom. The number of nitrogens with zero attached hydrogens (tertiary/aromatic N) is 1. The van der Waals surface area contributed by atoms with Crippen molar-refractivity contribution in [1.82, 2.24) is 4.90 Å². The van der Waals surface area contributed by atoms with E-state index in [2.05, 4.69) is 11.9 Å². The minimum absolute atomic E-state index is 0. The first-order valence-electron chi connectivity index (χ1n) is 2.82. The zero-order valence-corrected chi connectivity index (χ0v) is 8.52. The zero-order valence-electron chi connectivity index (χ0n) is 5.09. The summed E-state index contributed by atoms with van der Waals surface area (Å²) in [6.45, 7) is 2.73. The van der Waals surface area contributed by atoms with Crippen molar-refractivity contribution >= 4 is 26.3 Å². The second-order valence-electron chi connectivity index (χ2n) is 1.95. The molecule has 0 aliphatic carbocycles. The summed E-state index contributed by atoms with van der Waals surface area (Å²) >= 11 is 2.08. The van der Waals surface area contributed by atoms with Crippen molar-refractivity contribution in [2.75, 3.05) is 20.1 Å². The van der Waals surface area contributed by atoms with Gasteiger partial charge >= 0.3 is 61.9 Å². The predicted molar refractivity (Wildman–Crippen MR) is 45.4 cm³/mol. The fourth-order valence-corrected chi connectivity index (χ4v) is 6.93. The van der Waals surface area contributed by atoms with E-state index in [1.807, 2.05) is 0 Å². The van der Waals surface area contributed by atoms with E-state index in [1.165, 1.54) is 23.7 Å². The molecule has 0 aromatic carbocycles. The molecule has 0 N–H and O–H groups in total. The van der Waals surface area contributed by atoms with E-state index in [4.69, 9.17) is 0 Å². The third-order valence-corrected chi connectivity index (χ3v) is 8.46. The van der Waals surface area contributed by atoms with Gasteiger partial charge in [0.15, 0.2) is 0 Å². The van der Waals surface area contributed by atoms with E-state index in [0.29, 0.717) is 0 Å². The second kappa shape index (κ2) is 5.76. The molecule has 1 fully saturated rings. The Morgan fingerprint density at radius 2 is 1.56 bits per heavy atom. The molecule has 0 amide bonds. The van der Waals surface area contributed by atoms with Crippen LogP contribution in [0.1, 0.15) is 7.43 Å². The van der Waals surface area contributed by atoms with Gasteiger partial charge in [-0.15, -0.1) is 0 Å². The summed E-state index contributed by atoms with van der Waals surface area (Å²) in [6.07, 6.45) is 0. The molecule has 0 radical (unpaired) electrons. The number of hydrogen-bond donors (Lipinski definition) is 0. The van der Waals surface area contributed by atoms with E-state index >= 15 is 0 Å². The molecule has 1 aliphatic rings. The van der Waals surface area contributed by atoms with Crippen molar-refractivity contribution in [1.29, 1.82) is 0 Å². The fourth-order valence-electron chi connectivity index (χ4n) is 0.616. The maximum absolute atomic E-state index is 2.45. The summed E-state index contributed by atoms with van der Waals surface area (Å²) in [6, 6.07) is 0. The first kappa shape index (κ1) is 10.00. The van der Waals surface area contributed by atoms with E-state index in [0.717, 1.165) is 26.3 Å². The summed E-state index contributed by atoms with van der Waals surface area (Å²) in [5, 5.41) is 3.01. The van der Waals surface area contributed by atoms with Crippen LogP contribution < -0.4 is 0 Å². The van der Waals surface area contributed by atoms with Gasteiger partial charge in [-0.2, -0.15) is 0 Å². The molecule has 0 saturated carbocycles. The van der Waals surface area contributed by atoms with Crippen LogP contribution in [0, 0.1) is 0 Å². The van der Waals surface area contributed by atoms with E-state index < -0.39 is 0 Å². The maximum atomic E-state index is 2.45. The van der Waals surface area contributed by atoms with Gasteiger partial charge < -0.3 is 0 Å². The summed E-state index contributed by atoms with van der Waals surface area (Å²) in [5.41, 5.74) is 0. The molecule has 0 bridgehead atoms. The molecule has 0 spiro atoms. The Labute approximate surface area is 69.4 Å². The number of rotatable bonds is 0. The summed E-state index contributed by atoms with van der Waals surface area (Å²) in [4.78, 5) is 2.45. The molecule has 1 saturated heterocycles. The summed E-state index contributed by atoms with van der Waals surface area (Å²) in [7, 11) is 2.23. The molecule has 0 unspecified atom stereocenters. The van der Waals surface area contributed by atoms with E-state index in [1.54, 1.807) is 0 Å². The fraction of sp³-hybridized carbons (Fsp3) is 1.00. The van der Waals surface area contributed by atoms with Crippen molar-refractivity contribution in [2.24, 2.45) is 0 Å². The van der Waals surface area contributed by atoms with Crippen LogP contribution in [0.2, 0.25) is 10.6 Å². The van der Waals surface area contributed by atoms with Gasteiger partial charge in [-0.05, 0) is 0 Å². The quantitative estimate of drug-likeness (QED) is 0.580.